The van der Waals surface area contributed by atoms with Gasteiger partial charge in [0, 0.05) is 18.7 Å². The fourth-order valence-electron chi connectivity index (χ4n) is 2.75. The Labute approximate surface area is 162 Å². The van der Waals surface area contributed by atoms with Crippen LogP contribution >= 0.6 is 0 Å². The van der Waals surface area contributed by atoms with E-state index in [0.29, 0.717) is 17.3 Å². The average molecular weight is 389 g/mol. The van der Waals surface area contributed by atoms with Gasteiger partial charge in [0.2, 0.25) is 15.9 Å². The zero-order valence-electron chi connectivity index (χ0n) is 16.6. The third-order valence-electron chi connectivity index (χ3n) is 4.58. The number of carbonyl (C=O) groups is 1. The van der Waals surface area contributed by atoms with Gasteiger partial charge in [0.25, 0.3) is 0 Å². The molecule has 27 heavy (non-hydrogen) atoms. The molecular weight excluding hydrogens is 360 g/mol. The van der Waals surface area contributed by atoms with Gasteiger partial charge in [-0.3, -0.25) is 9.10 Å². The first kappa shape index (κ1) is 21.0. The predicted molar refractivity (Wildman–Crippen MR) is 112 cm³/mol. The number of hydrogen-bond donors (Lipinski definition) is 1. The maximum Gasteiger partial charge on any atom is 0.232 e. The molecule has 146 valence electrons. The Morgan fingerprint density at radius 2 is 1.67 bits per heavy atom. The van der Waals surface area contributed by atoms with Crippen molar-refractivity contribution in [3.8, 4) is 0 Å². The van der Waals surface area contributed by atoms with Crippen LogP contribution in [0.4, 0.5) is 11.4 Å². The first-order valence-electron chi connectivity index (χ1n) is 9.02. The summed E-state index contributed by atoms with van der Waals surface area (Å²) in [4.78, 5) is 12.3. The van der Waals surface area contributed by atoms with Crippen molar-refractivity contribution < 1.29 is 13.2 Å². The molecule has 0 aromatic heterocycles. The third kappa shape index (κ3) is 5.82. The molecule has 6 heteroatoms. The molecule has 0 aliphatic heterocycles. The van der Waals surface area contributed by atoms with Crippen molar-refractivity contribution in [3.63, 3.8) is 0 Å². The minimum atomic E-state index is -3.48. The number of nitrogens with zero attached hydrogens (tertiary/aromatic N) is 1. The van der Waals surface area contributed by atoms with Crippen LogP contribution in [-0.2, 0) is 14.8 Å². The molecule has 0 aliphatic carbocycles. The van der Waals surface area contributed by atoms with Crippen LogP contribution in [0.25, 0.3) is 0 Å². The second-order valence-corrected chi connectivity index (χ2v) is 9.09. The molecule has 0 unspecified atom stereocenters. The normalized spacial score (nSPS) is 11.5. The van der Waals surface area contributed by atoms with E-state index in [9.17, 15) is 13.2 Å². The molecule has 0 atom stereocenters. The van der Waals surface area contributed by atoms with Gasteiger partial charge in [0.1, 0.15) is 0 Å². The van der Waals surface area contributed by atoms with Crippen LogP contribution in [0.1, 0.15) is 42.9 Å². The lowest BCUT2D eigenvalue weighted by Crippen LogP contribution is -2.33. The Morgan fingerprint density at radius 3 is 2.19 bits per heavy atom. The van der Waals surface area contributed by atoms with Crippen molar-refractivity contribution in [3.05, 3.63) is 59.2 Å². The highest BCUT2D eigenvalue weighted by atomic mass is 32.2. The number of aryl methyl sites for hydroxylation is 2. The summed E-state index contributed by atoms with van der Waals surface area (Å²) in [7, 11) is -3.48. The Hall–Kier alpha value is -2.34. The van der Waals surface area contributed by atoms with E-state index in [4.69, 9.17) is 0 Å². The SMILES string of the molecule is Cc1ccc(N(CCC(=O)Nc2ccc(C(C)C)cc2)S(C)(=O)=O)cc1C. The molecule has 2 aromatic carbocycles. The number of anilines is 2. The van der Waals surface area contributed by atoms with Crippen LogP contribution in [0.2, 0.25) is 0 Å². The lowest BCUT2D eigenvalue weighted by Gasteiger charge is -2.23. The molecule has 0 saturated heterocycles. The monoisotopic (exact) mass is 388 g/mol. The lowest BCUT2D eigenvalue weighted by molar-refractivity contribution is -0.116. The largest absolute Gasteiger partial charge is 0.326 e. The van der Waals surface area contributed by atoms with Gasteiger partial charge in [0.15, 0.2) is 0 Å². The van der Waals surface area contributed by atoms with Gasteiger partial charge in [-0.2, -0.15) is 0 Å². The molecular formula is C21H28N2O3S. The second-order valence-electron chi connectivity index (χ2n) is 7.18. The van der Waals surface area contributed by atoms with Gasteiger partial charge in [-0.05, 0) is 60.7 Å². The Kier molecular flexibility index (Phi) is 6.65. The molecule has 0 spiro atoms. The van der Waals surface area contributed by atoms with Crippen molar-refractivity contribution in [1.82, 2.24) is 0 Å². The molecule has 2 aromatic rings. The van der Waals surface area contributed by atoms with Crippen LogP contribution in [0, 0.1) is 13.8 Å². The summed E-state index contributed by atoms with van der Waals surface area (Å²) in [5.74, 6) is 0.209. The molecule has 0 radical (unpaired) electrons. The number of amides is 1. The van der Waals surface area contributed by atoms with Crippen molar-refractivity contribution in [2.75, 3.05) is 22.4 Å². The summed E-state index contributed by atoms with van der Waals surface area (Å²) < 4.78 is 25.7. The number of hydrogen-bond acceptors (Lipinski definition) is 3. The number of sulfonamides is 1. The van der Waals surface area contributed by atoms with Crippen LogP contribution < -0.4 is 9.62 Å². The van der Waals surface area contributed by atoms with Crippen molar-refractivity contribution in [2.45, 2.75) is 40.0 Å². The minimum absolute atomic E-state index is 0.0753. The Morgan fingerprint density at radius 1 is 1.04 bits per heavy atom. The van der Waals surface area contributed by atoms with E-state index in [1.54, 1.807) is 6.07 Å². The Bertz CT molecular complexity index is 904. The topological polar surface area (TPSA) is 66.5 Å². The fourth-order valence-corrected chi connectivity index (χ4v) is 3.66. The van der Waals surface area contributed by atoms with E-state index in [0.717, 1.165) is 17.4 Å². The van der Waals surface area contributed by atoms with Gasteiger partial charge in [-0.15, -0.1) is 0 Å². The van der Waals surface area contributed by atoms with E-state index in [2.05, 4.69) is 19.2 Å². The lowest BCUT2D eigenvalue weighted by atomic mass is 10.0. The number of carbonyl (C=O) groups excluding carboxylic acids is 1. The molecule has 5 nitrogen and oxygen atoms in total. The van der Waals surface area contributed by atoms with E-state index in [1.165, 1.54) is 9.87 Å². The number of rotatable bonds is 7. The maximum absolute atomic E-state index is 12.3. The number of benzene rings is 2. The highest BCUT2D eigenvalue weighted by molar-refractivity contribution is 7.92. The molecule has 0 heterocycles. The smallest absolute Gasteiger partial charge is 0.232 e. The summed E-state index contributed by atoms with van der Waals surface area (Å²) in [5, 5.41) is 2.83. The van der Waals surface area contributed by atoms with Crippen LogP contribution in [0.15, 0.2) is 42.5 Å². The highest BCUT2D eigenvalue weighted by Crippen LogP contribution is 2.22. The van der Waals surface area contributed by atoms with E-state index in [1.807, 2.05) is 50.2 Å². The van der Waals surface area contributed by atoms with E-state index in [-0.39, 0.29) is 18.9 Å². The first-order chi connectivity index (χ1) is 12.6. The van der Waals surface area contributed by atoms with E-state index < -0.39 is 10.0 Å². The van der Waals surface area contributed by atoms with Gasteiger partial charge in [-0.1, -0.05) is 32.0 Å². The summed E-state index contributed by atoms with van der Waals surface area (Å²) in [5.41, 5.74) is 4.59. The standard InChI is InChI=1S/C21H28N2O3S/c1-15(2)18-7-9-19(10-8-18)22-21(24)12-13-23(27(5,25)26)20-11-6-16(3)17(4)14-20/h6-11,14-15H,12-13H2,1-5H3,(H,22,24). The molecule has 0 saturated carbocycles. The molecule has 2 rings (SSSR count). The van der Waals surface area contributed by atoms with Crippen molar-refractivity contribution in [1.29, 1.82) is 0 Å². The molecule has 0 bridgehead atoms. The Balaban J connectivity index is 2.06. The predicted octanol–water partition coefficient (Wildman–Crippen LogP) is 4.22. The molecule has 1 N–H and O–H groups in total. The van der Waals surface area contributed by atoms with Gasteiger partial charge in [0.05, 0.1) is 11.9 Å². The zero-order chi connectivity index (χ0) is 20.2. The van der Waals surface area contributed by atoms with Gasteiger partial charge < -0.3 is 5.32 Å². The second kappa shape index (κ2) is 8.57. The molecule has 0 fully saturated rings. The average Bonchev–Trinajstić information content (AvgIpc) is 2.57. The maximum atomic E-state index is 12.3. The minimum Gasteiger partial charge on any atom is -0.326 e. The molecule has 0 aliphatic rings. The van der Waals surface area contributed by atoms with Crippen LogP contribution in [0.5, 0.6) is 0 Å². The van der Waals surface area contributed by atoms with Crippen LogP contribution in [0.3, 0.4) is 0 Å². The third-order valence-corrected chi connectivity index (χ3v) is 5.78. The summed E-state index contributed by atoms with van der Waals surface area (Å²) >= 11 is 0. The molecule has 1 amide bonds. The highest BCUT2D eigenvalue weighted by Gasteiger charge is 2.19. The van der Waals surface area contributed by atoms with Crippen molar-refractivity contribution in [2.24, 2.45) is 0 Å². The van der Waals surface area contributed by atoms with E-state index >= 15 is 0 Å². The number of nitrogens with one attached hydrogen (secondary N) is 1. The summed E-state index contributed by atoms with van der Waals surface area (Å²) in [6, 6.07) is 13.2. The van der Waals surface area contributed by atoms with Crippen LogP contribution in [-0.4, -0.2) is 27.1 Å². The zero-order valence-corrected chi connectivity index (χ0v) is 17.4. The first-order valence-corrected chi connectivity index (χ1v) is 10.9. The fraction of sp³-hybridized carbons (Fsp3) is 0.381. The van der Waals surface area contributed by atoms with Crippen molar-refractivity contribution >= 4 is 27.3 Å². The summed E-state index contributed by atoms with van der Waals surface area (Å²) in [6.45, 7) is 8.23. The quantitative estimate of drug-likeness (QED) is 0.772. The van der Waals surface area contributed by atoms with Gasteiger partial charge >= 0.3 is 0 Å². The van der Waals surface area contributed by atoms with Gasteiger partial charge in [-0.25, -0.2) is 8.42 Å². The summed E-state index contributed by atoms with van der Waals surface area (Å²) in [6.07, 6.45) is 1.23.